The molecule has 98 valence electrons. The molecule has 2 N–H and O–H groups in total. The van der Waals surface area contributed by atoms with Crippen molar-refractivity contribution in [2.24, 2.45) is 0 Å². The topological polar surface area (TPSA) is 75.6 Å². The fourth-order valence-electron chi connectivity index (χ4n) is 1.39. The molecule has 0 aliphatic heterocycles. The summed E-state index contributed by atoms with van der Waals surface area (Å²) in [6, 6.07) is 6.83. The first-order valence-corrected chi connectivity index (χ1v) is 5.66. The third-order valence-electron chi connectivity index (χ3n) is 2.28. The summed E-state index contributed by atoms with van der Waals surface area (Å²) in [6.45, 7) is 2.97. The van der Waals surface area contributed by atoms with Crippen molar-refractivity contribution in [1.82, 2.24) is 5.32 Å². The molecule has 0 aromatic heterocycles. The van der Waals surface area contributed by atoms with Gasteiger partial charge >= 0.3 is 0 Å². The van der Waals surface area contributed by atoms with E-state index in [1.807, 2.05) is 0 Å². The Balaban J connectivity index is 2.53. The van der Waals surface area contributed by atoms with Crippen LogP contribution in [0.3, 0.4) is 0 Å². The van der Waals surface area contributed by atoms with E-state index in [0.717, 1.165) is 0 Å². The average Bonchev–Trinajstić information content (AvgIpc) is 2.34. The second-order valence-corrected chi connectivity index (χ2v) is 3.95. The van der Waals surface area contributed by atoms with E-state index in [1.54, 1.807) is 24.3 Å². The van der Waals surface area contributed by atoms with E-state index in [-0.39, 0.29) is 24.8 Å². The maximum Gasteiger partial charge on any atom is 0.216 e. The van der Waals surface area contributed by atoms with Crippen molar-refractivity contribution in [1.29, 1.82) is 0 Å². The molecule has 0 aliphatic rings. The molecule has 1 aromatic rings. The maximum absolute atomic E-state index is 11.3. The third kappa shape index (κ3) is 4.55. The van der Waals surface area contributed by atoms with Crippen molar-refractivity contribution in [2.75, 3.05) is 13.2 Å². The fourth-order valence-corrected chi connectivity index (χ4v) is 1.39. The van der Waals surface area contributed by atoms with Gasteiger partial charge in [0.15, 0.2) is 5.78 Å². The second kappa shape index (κ2) is 6.76. The Labute approximate surface area is 106 Å². The lowest BCUT2D eigenvalue weighted by Gasteiger charge is -2.14. The quantitative estimate of drug-likeness (QED) is 0.732. The van der Waals surface area contributed by atoms with Gasteiger partial charge in [0.2, 0.25) is 5.91 Å². The zero-order chi connectivity index (χ0) is 13.5. The predicted octanol–water partition coefficient (Wildman–Crippen LogP) is 0.765. The molecule has 0 saturated heterocycles. The summed E-state index contributed by atoms with van der Waals surface area (Å²) in [5, 5.41) is 12.0. The summed E-state index contributed by atoms with van der Waals surface area (Å²) in [6.07, 6.45) is -0.811. The molecule has 0 fully saturated rings. The van der Waals surface area contributed by atoms with Crippen LogP contribution < -0.4 is 10.1 Å². The van der Waals surface area contributed by atoms with Crippen molar-refractivity contribution < 1.29 is 19.4 Å². The Kier molecular flexibility index (Phi) is 5.32. The first-order chi connectivity index (χ1) is 8.50. The van der Waals surface area contributed by atoms with E-state index < -0.39 is 6.10 Å². The summed E-state index contributed by atoms with van der Waals surface area (Å²) >= 11 is 0. The molecule has 1 amide bonds. The van der Waals surface area contributed by atoms with Crippen molar-refractivity contribution >= 4 is 11.7 Å². The van der Waals surface area contributed by atoms with Crippen LogP contribution in [-0.4, -0.2) is 36.1 Å². The highest BCUT2D eigenvalue weighted by atomic mass is 16.5. The summed E-state index contributed by atoms with van der Waals surface area (Å²) in [7, 11) is 0. The van der Waals surface area contributed by atoms with Gasteiger partial charge in [0, 0.05) is 13.5 Å². The monoisotopic (exact) mass is 251 g/mol. The summed E-state index contributed by atoms with van der Waals surface area (Å²) in [5.74, 6) is 0.131. The lowest BCUT2D eigenvalue weighted by atomic mass is 10.1. The molecule has 5 nitrogen and oxygen atoms in total. The third-order valence-corrected chi connectivity index (χ3v) is 2.28. The highest BCUT2D eigenvalue weighted by molar-refractivity contribution is 5.96. The minimum Gasteiger partial charge on any atom is -0.490 e. The van der Waals surface area contributed by atoms with Crippen LogP contribution >= 0.6 is 0 Å². The van der Waals surface area contributed by atoms with Gasteiger partial charge in [0.1, 0.15) is 18.5 Å². The number of rotatable bonds is 6. The molecule has 1 rings (SSSR count). The van der Waals surface area contributed by atoms with E-state index in [1.165, 1.54) is 13.8 Å². The summed E-state index contributed by atoms with van der Waals surface area (Å²) < 4.78 is 5.37. The molecule has 0 aliphatic carbocycles. The van der Waals surface area contributed by atoms with Crippen LogP contribution in [0.1, 0.15) is 24.2 Å². The molecule has 0 spiro atoms. The molecule has 0 heterocycles. The van der Waals surface area contributed by atoms with Crippen LogP contribution in [0, 0.1) is 0 Å². The number of hydrogen-bond acceptors (Lipinski definition) is 4. The van der Waals surface area contributed by atoms with Crippen LogP contribution in [0.5, 0.6) is 5.75 Å². The van der Waals surface area contributed by atoms with E-state index in [0.29, 0.717) is 11.3 Å². The predicted molar refractivity (Wildman–Crippen MR) is 66.6 cm³/mol. The lowest BCUT2D eigenvalue weighted by Crippen LogP contribution is -2.34. The fraction of sp³-hybridized carbons (Fsp3) is 0.385. The smallest absolute Gasteiger partial charge is 0.216 e. The molecule has 0 unspecified atom stereocenters. The molecular formula is C13H17NO4. The number of para-hydroxylation sites is 1. The van der Waals surface area contributed by atoms with Crippen molar-refractivity contribution in [3.63, 3.8) is 0 Å². The first kappa shape index (κ1) is 14.2. The number of carbonyl (C=O) groups excluding carboxylic acids is 2. The lowest BCUT2D eigenvalue weighted by molar-refractivity contribution is -0.119. The van der Waals surface area contributed by atoms with Crippen molar-refractivity contribution in [3.8, 4) is 5.75 Å². The van der Waals surface area contributed by atoms with Crippen LogP contribution in [0.25, 0.3) is 0 Å². The number of benzene rings is 1. The van der Waals surface area contributed by atoms with Gasteiger partial charge in [-0.1, -0.05) is 12.1 Å². The highest BCUT2D eigenvalue weighted by Crippen LogP contribution is 2.18. The second-order valence-electron chi connectivity index (χ2n) is 3.95. The van der Waals surface area contributed by atoms with Crippen LogP contribution in [-0.2, 0) is 4.79 Å². The number of amides is 1. The Hall–Kier alpha value is -1.88. The number of hydrogen-bond donors (Lipinski definition) is 2. The molecule has 1 atom stereocenters. The summed E-state index contributed by atoms with van der Waals surface area (Å²) in [5.41, 5.74) is 0.476. The Morgan fingerprint density at radius 1 is 1.33 bits per heavy atom. The first-order valence-electron chi connectivity index (χ1n) is 5.66. The van der Waals surface area contributed by atoms with Crippen LogP contribution in [0.15, 0.2) is 24.3 Å². The Bertz CT molecular complexity index is 431. The number of aliphatic hydroxyl groups is 1. The minimum atomic E-state index is -0.811. The van der Waals surface area contributed by atoms with E-state index in [9.17, 15) is 14.7 Å². The van der Waals surface area contributed by atoms with Gasteiger partial charge < -0.3 is 15.2 Å². The van der Waals surface area contributed by atoms with E-state index in [2.05, 4.69) is 5.32 Å². The van der Waals surface area contributed by atoms with Crippen molar-refractivity contribution in [2.45, 2.75) is 20.0 Å². The highest BCUT2D eigenvalue weighted by Gasteiger charge is 2.10. The number of aliphatic hydroxyl groups excluding tert-OH is 1. The Morgan fingerprint density at radius 2 is 2.00 bits per heavy atom. The SMILES string of the molecule is CC(=O)NC[C@H](O)COc1ccccc1C(C)=O. The number of nitrogens with one attached hydrogen (secondary N) is 1. The van der Waals surface area contributed by atoms with E-state index >= 15 is 0 Å². The number of carbonyl (C=O) groups is 2. The molecule has 0 saturated carbocycles. The van der Waals surface area contributed by atoms with Gasteiger partial charge in [-0.2, -0.15) is 0 Å². The molecule has 0 radical (unpaired) electrons. The van der Waals surface area contributed by atoms with Gasteiger partial charge in [-0.15, -0.1) is 0 Å². The molecule has 0 bridgehead atoms. The number of Topliss-reactive ketones (excluding diaryl/α,β-unsaturated/α-hetero) is 1. The van der Waals surface area contributed by atoms with Gasteiger partial charge in [0.25, 0.3) is 0 Å². The largest absolute Gasteiger partial charge is 0.490 e. The van der Waals surface area contributed by atoms with E-state index in [4.69, 9.17) is 4.74 Å². The van der Waals surface area contributed by atoms with Crippen LogP contribution in [0.2, 0.25) is 0 Å². The zero-order valence-corrected chi connectivity index (χ0v) is 10.5. The molecule has 18 heavy (non-hydrogen) atoms. The maximum atomic E-state index is 11.3. The van der Waals surface area contributed by atoms with Gasteiger partial charge in [-0.3, -0.25) is 9.59 Å². The standard InChI is InChI=1S/C13H17NO4/c1-9(15)12-5-3-4-6-13(12)18-8-11(17)7-14-10(2)16/h3-6,11,17H,7-8H2,1-2H3,(H,14,16)/t11-/m0/s1. The number of ether oxygens (including phenoxy) is 1. The number of ketones is 1. The van der Waals surface area contributed by atoms with Crippen LogP contribution in [0.4, 0.5) is 0 Å². The normalized spacial score (nSPS) is 11.7. The zero-order valence-electron chi connectivity index (χ0n) is 10.5. The average molecular weight is 251 g/mol. The summed E-state index contributed by atoms with van der Waals surface area (Å²) in [4.78, 5) is 22.0. The Morgan fingerprint density at radius 3 is 2.61 bits per heavy atom. The molecular weight excluding hydrogens is 234 g/mol. The molecule has 5 heteroatoms. The van der Waals surface area contributed by atoms with Gasteiger partial charge in [0.05, 0.1) is 5.56 Å². The molecule has 1 aromatic carbocycles. The van der Waals surface area contributed by atoms with Gasteiger partial charge in [-0.05, 0) is 19.1 Å². The van der Waals surface area contributed by atoms with Gasteiger partial charge in [-0.25, -0.2) is 0 Å². The minimum absolute atomic E-state index is 0.0184. The van der Waals surface area contributed by atoms with Crippen molar-refractivity contribution in [3.05, 3.63) is 29.8 Å².